The fraction of sp³-hybridized carbons (Fsp3) is 0.167. The van der Waals surface area contributed by atoms with Gasteiger partial charge in [-0.2, -0.15) is 0 Å². The van der Waals surface area contributed by atoms with Crippen molar-refractivity contribution in [2.45, 2.75) is 13.0 Å². The Morgan fingerprint density at radius 3 is 2.53 bits per heavy atom. The molecule has 1 N–H and O–H groups in total. The predicted octanol–water partition coefficient (Wildman–Crippen LogP) is 3.91. The van der Waals surface area contributed by atoms with Crippen molar-refractivity contribution in [2.75, 3.05) is 5.32 Å². The van der Waals surface area contributed by atoms with Crippen LogP contribution in [0.4, 0.5) is 5.95 Å². The van der Waals surface area contributed by atoms with Crippen LogP contribution in [-0.4, -0.2) is 9.97 Å². The highest BCUT2D eigenvalue weighted by Crippen LogP contribution is 2.24. The molecule has 1 aromatic heterocycles. The quantitative estimate of drug-likeness (QED) is 0.845. The molecule has 2 aromatic rings. The molecular weight excluding hydrogens is 349 g/mol. The van der Waals surface area contributed by atoms with Gasteiger partial charge in [0.25, 0.3) is 0 Å². The van der Waals surface area contributed by atoms with Crippen LogP contribution in [0, 0.1) is 3.57 Å². The fourth-order valence-corrected chi connectivity index (χ4v) is 2.06. The minimum absolute atomic E-state index is 0.0729. The van der Waals surface area contributed by atoms with Gasteiger partial charge in [-0.15, -0.1) is 0 Å². The third-order valence-corrected chi connectivity index (χ3v) is 3.24. The summed E-state index contributed by atoms with van der Waals surface area (Å²) in [6.07, 6.45) is 3.55. The average molecular weight is 360 g/mol. The third kappa shape index (κ3) is 3.29. The van der Waals surface area contributed by atoms with Crippen LogP contribution < -0.4 is 5.32 Å². The van der Waals surface area contributed by atoms with E-state index in [4.69, 9.17) is 11.6 Å². The van der Waals surface area contributed by atoms with Crippen molar-refractivity contribution in [1.29, 1.82) is 0 Å². The molecule has 0 bridgehead atoms. The van der Waals surface area contributed by atoms with Gasteiger partial charge in [-0.25, -0.2) is 9.97 Å². The second-order valence-corrected chi connectivity index (χ2v) is 5.27. The minimum Gasteiger partial charge on any atom is -0.348 e. The summed E-state index contributed by atoms with van der Waals surface area (Å²) in [6.45, 7) is 2.03. The second-order valence-electron chi connectivity index (χ2n) is 3.61. The van der Waals surface area contributed by atoms with E-state index in [1.54, 1.807) is 12.4 Å². The largest absolute Gasteiger partial charge is 0.348 e. The van der Waals surface area contributed by atoms with Gasteiger partial charge in [-0.1, -0.05) is 29.8 Å². The van der Waals surface area contributed by atoms with Gasteiger partial charge in [0, 0.05) is 21.0 Å². The van der Waals surface area contributed by atoms with Gasteiger partial charge in [0.2, 0.25) is 5.95 Å². The van der Waals surface area contributed by atoms with Gasteiger partial charge >= 0.3 is 0 Å². The number of rotatable bonds is 3. The zero-order valence-electron chi connectivity index (χ0n) is 9.19. The highest BCUT2D eigenvalue weighted by atomic mass is 127. The van der Waals surface area contributed by atoms with E-state index >= 15 is 0 Å². The van der Waals surface area contributed by atoms with E-state index in [1.807, 2.05) is 31.2 Å². The van der Waals surface area contributed by atoms with Gasteiger partial charge in [0.05, 0.1) is 6.04 Å². The van der Waals surface area contributed by atoms with Crippen LogP contribution in [0.2, 0.25) is 5.02 Å². The van der Waals surface area contributed by atoms with E-state index in [2.05, 4.69) is 37.9 Å². The molecule has 1 unspecified atom stereocenters. The number of benzene rings is 1. The molecule has 0 aliphatic heterocycles. The molecule has 0 saturated carbocycles. The SMILES string of the molecule is CC(Nc1ncc(I)cn1)c1ccccc1Cl. The van der Waals surface area contributed by atoms with Gasteiger partial charge in [0.1, 0.15) is 0 Å². The molecule has 5 heteroatoms. The lowest BCUT2D eigenvalue weighted by atomic mass is 10.1. The van der Waals surface area contributed by atoms with Crippen molar-refractivity contribution in [3.8, 4) is 0 Å². The Morgan fingerprint density at radius 2 is 1.88 bits per heavy atom. The van der Waals surface area contributed by atoms with Gasteiger partial charge in [0.15, 0.2) is 0 Å². The summed E-state index contributed by atoms with van der Waals surface area (Å²) in [6, 6.07) is 7.83. The maximum atomic E-state index is 6.13. The third-order valence-electron chi connectivity index (χ3n) is 2.34. The number of hydrogen-bond acceptors (Lipinski definition) is 3. The van der Waals surface area contributed by atoms with Crippen molar-refractivity contribution >= 4 is 40.1 Å². The molecule has 0 aliphatic carbocycles. The average Bonchev–Trinajstić information content (AvgIpc) is 2.32. The van der Waals surface area contributed by atoms with Crippen molar-refractivity contribution in [1.82, 2.24) is 9.97 Å². The topological polar surface area (TPSA) is 37.8 Å². The van der Waals surface area contributed by atoms with E-state index < -0.39 is 0 Å². The van der Waals surface area contributed by atoms with E-state index in [-0.39, 0.29) is 6.04 Å². The highest BCUT2D eigenvalue weighted by molar-refractivity contribution is 14.1. The Balaban J connectivity index is 2.14. The molecule has 0 saturated heterocycles. The highest BCUT2D eigenvalue weighted by Gasteiger charge is 2.09. The normalized spacial score (nSPS) is 12.2. The van der Waals surface area contributed by atoms with Crippen LogP contribution in [0.15, 0.2) is 36.7 Å². The van der Waals surface area contributed by atoms with E-state index in [0.717, 1.165) is 14.2 Å². The Morgan fingerprint density at radius 1 is 1.24 bits per heavy atom. The molecule has 0 aliphatic rings. The number of nitrogens with zero attached hydrogens (tertiary/aromatic N) is 2. The smallest absolute Gasteiger partial charge is 0.223 e. The minimum atomic E-state index is 0.0729. The number of nitrogens with one attached hydrogen (secondary N) is 1. The predicted molar refractivity (Wildman–Crippen MR) is 78.2 cm³/mol. The van der Waals surface area contributed by atoms with Crippen LogP contribution in [0.5, 0.6) is 0 Å². The summed E-state index contributed by atoms with van der Waals surface area (Å²) >= 11 is 8.30. The van der Waals surface area contributed by atoms with Crippen LogP contribution in [0.1, 0.15) is 18.5 Å². The van der Waals surface area contributed by atoms with Crippen molar-refractivity contribution < 1.29 is 0 Å². The summed E-state index contributed by atoms with van der Waals surface area (Å²) in [7, 11) is 0. The second kappa shape index (κ2) is 5.64. The first-order valence-corrected chi connectivity index (χ1v) is 6.61. The van der Waals surface area contributed by atoms with Gasteiger partial charge in [-0.05, 0) is 41.1 Å². The maximum absolute atomic E-state index is 6.13. The fourth-order valence-electron chi connectivity index (χ4n) is 1.48. The molecule has 1 aromatic carbocycles. The number of halogens is 2. The summed E-state index contributed by atoms with van der Waals surface area (Å²) in [5.74, 6) is 0.609. The molecule has 3 nitrogen and oxygen atoms in total. The van der Waals surface area contributed by atoms with Crippen LogP contribution >= 0.6 is 34.2 Å². The Kier molecular flexibility index (Phi) is 4.17. The summed E-state index contributed by atoms with van der Waals surface area (Å²) in [4.78, 5) is 8.40. The van der Waals surface area contributed by atoms with Crippen molar-refractivity contribution in [2.24, 2.45) is 0 Å². The van der Waals surface area contributed by atoms with Crippen molar-refractivity contribution in [3.63, 3.8) is 0 Å². The molecule has 88 valence electrons. The number of aromatic nitrogens is 2. The zero-order chi connectivity index (χ0) is 12.3. The van der Waals surface area contributed by atoms with Crippen molar-refractivity contribution in [3.05, 3.63) is 50.8 Å². The molecule has 17 heavy (non-hydrogen) atoms. The van der Waals surface area contributed by atoms with Gasteiger partial charge in [-0.3, -0.25) is 0 Å². The monoisotopic (exact) mass is 359 g/mol. The molecule has 0 amide bonds. The van der Waals surface area contributed by atoms with E-state index in [9.17, 15) is 0 Å². The van der Waals surface area contributed by atoms with Crippen LogP contribution in [0.25, 0.3) is 0 Å². The molecular formula is C12H11ClIN3. The lowest BCUT2D eigenvalue weighted by Crippen LogP contribution is -2.09. The molecule has 1 atom stereocenters. The van der Waals surface area contributed by atoms with E-state index in [0.29, 0.717) is 5.95 Å². The Labute approximate surface area is 119 Å². The summed E-state index contributed by atoms with van der Waals surface area (Å²) < 4.78 is 1.01. The van der Waals surface area contributed by atoms with E-state index in [1.165, 1.54) is 0 Å². The standard InChI is InChI=1S/C12H11ClIN3/c1-8(10-4-2-3-5-11(10)13)17-12-15-6-9(14)7-16-12/h2-8H,1H3,(H,15,16,17). The molecule has 0 fully saturated rings. The zero-order valence-corrected chi connectivity index (χ0v) is 12.1. The van der Waals surface area contributed by atoms with Gasteiger partial charge < -0.3 is 5.32 Å². The maximum Gasteiger partial charge on any atom is 0.223 e. The number of hydrogen-bond donors (Lipinski definition) is 1. The lowest BCUT2D eigenvalue weighted by molar-refractivity contribution is 0.860. The Bertz CT molecular complexity index is 501. The van der Waals surface area contributed by atoms with Crippen LogP contribution in [0.3, 0.4) is 0 Å². The molecule has 0 radical (unpaired) electrons. The number of anilines is 1. The Hall–Kier alpha value is -0.880. The molecule has 1 heterocycles. The van der Waals surface area contributed by atoms with Crippen LogP contribution in [-0.2, 0) is 0 Å². The first-order valence-electron chi connectivity index (χ1n) is 5.15. The summed E-state index contributed by atoms with van der Waals surface area (Å²) in [5.41, 5.74) is 1.04. The first-order chi connectivity index (χ1) is 8.16. The first kappa shape index (κ1) is 12.6. The molecule has 2 rings (SSSR count). The lowest BCUT2D eigenvalue weighted by Gasteiger charge is -2.15. The molecule has 0 spiro atoms. The summed E-state index contributed by atoms with van der Waals surface area (Å²) in [5, 5.41) is 3.96.